The number of methoxy groups -OCH3 is 1. The van der Waals surface area contributed by atoms with E-state index >= 15 is 0 Å². The lowest BCUT2D eigenvalue weighted by atomic mass is 10.0. The predicted molar refractivity (Wildman–Crippen MR) is 82.0 cm³/mol. The van der Waals surface area contributed by atoms with Crippen LogP contribution in [0.15, 0.2) is 12.1 Å². The molecule has 0 spiro atoms. The van der Waals surface area contributed by atoms with Crippen LogP contribution in [0.25, 0.3) is 0 Å². The van der Waals surface area contributed by atoms with Gasteiger partial charge in [0.15, 0.2) is 0 Å². The summed E-state index contributed by atoms with van der Waals surface area (Å²) in [6.07, 6.45) is 0. The van der Waals surface area contributed by atoms with Crippen LogP contribution in [0.2, 0.25) is 0 Å². The molecule has 0 bridgehead atoms. The first-order valence-corrected chi connectivity index (χ1v) is 7.20. The summed E-state index contributed by atoms with van der Waals surface area (Å²) in [6, 6.07) is 4.27. The van der Waals surface area contributed by atoms with Gasteiger partial charge in [0, 0.05) is 19.6 Å². The Hall–Kier alpha value is -1.06. The summed E-state index contributed by atoms with van der Waals surface area (Å²) in [7, 11) is 1.73. The van der Waals surface area contributed by atoms with E-state index in [2.05, 4.69) is 50.0 Å². The maximum atomic E-state index is 5.37. The highest BCUT2D eigenvalue weighted by Gasteiger charge is 2.09. The molecule has 3 nitrogen and oxygen atoms in total. The third-order valence-corrected chi connectivity index (χ3v) is 3.77. The van der Waals surface area contributed by atoms with Crippen molar-refractivity contribution in [2.75, 3.05) is 33.3 Å². The molecule has 0 aliphatic heterocycles. The molecule has 108 valence electrons. The zero-order chi connectivity index (χ0) is 14.3. The van der Waals surface area contributed by atoms with E-state index in [1.165, 1.54) is 16.7 Å². The molecule has 0 atom stereocenters. The molecule has 0 aliphatic carbocycles. The quantitative estimate of drug-likeness (QED) is 0.731. The van der Waals surface area contributed by atoms with Gasteiger partial charge in [-0.3, -0.25) is 4.90 Å². The number of rotatable bonds is 8. The van der Waals surface area contributed by atoms with Gasteiger partial charge in [-0.1, -0.05) is 19.9 Å². The van der Waals surface area contributed by atoms with E-state index in [9.17, 15) is 0 Å². The van der Waals surface area contributed by atoms with Crippen LogP contribution in [0.4, 0.5) is 0 Å². The molecule has 0 fully saturated rings. The molecule has 19 heavy (non-hydrogen) atoms. The molecule has 1 aromatic rings. The molecule has 1 aromatic carbocycles. The smallest absolute Gasteiger partial charge is 0.122 e. The van der Waals surface area contributed by atoms with Crippen molar-refractivity contribution < 1.29 is 4.74 Å². The summed E-state index contributed by atoms with van der Waals surface area (Å²) in [6.45, 7) is 14.0. The van der Waals surface area contributed by atoms with Crippen molar-refractivity contribution in [2.24, 2.45) is 0 Å². The average molecular weight is 264 g/mol. The van der Waals surface area contributed by atoms with Crippen molar-refractivity contribution in [3.05, 3.63) is 28.8 Å². The molecule has 0 heterocycles. The van der Waals surface area contributed by atoms with Gasteiger partial charge < -0.3 is 10.1 Å². The summed E-state index contributed by atoms with van der Waals surface area (Å²) in [5, 5.41) is 3.38. The van der Waals surface area contributed by atoms with E-state index in [4.69, 9.17) is 4.74 Å². The molecule has 1 N–H and O–H groups in total. The number of likely N-dealkylation sites (N-methyl/N-ethyl adjacent to an activating group) is 2. The van der Waals surface area contributed by atoms with E-state index in [-0.39, 0.29) is 0 Å². The van der Waals surface area contributed by atoms with Gasteiger partial charge in [0.25, 0.3) is 0 Å². The van der Waals surface area contributed by atoms with E-state index < -0.39 is 0 Å². The monoisotopic (exact) mass is 264 g/mol. The largest absolute Gasteiger partial charge is 0.496 e. The van der Waals surface area contributed by atoms with Gasteiger partial charge in [0.1, 0.15) is 5.75 Å². The van der Waals surface area contributed by atoms with Crippen molar-refractivity contribution >= 4 is 0 Å². The fourth-order valence-corrected chi connectivity index (χ4v) is 2.25. The molecular weight excluding hydrogens is 236 g/mol. The maximum absolute atomic E-state index is 5.37. The summed E-state index contributed by atoms with van der Waals surface area (Å²) < 4.78 is 5.37. The van der Waals surface area contributed by atoms with Crippen LogP contribution in [0.3, 0.4) is 0 Å². The summed E-state index contributed by atoms with van der Waals surface area (Å²) in [4.78, 5) is 2.47. The second kappa shape index (κ2) is 8.18. The molecule has 0 saturated heterocycles. The van der Waals surface area contributed by atoms with E-state index in [0.717, 1.165) is 38.5 Å². The summed E-state index contributed by atoms with van der Waals surface area (Å²) in [5.74, 6) is 0.983. The zero-order valence-corrected chi connectivity index (χ0v) is 13.0. The molecule has 0 radical (unpaired) electrons. The number of hydrogen-bond acceptors (Lipinski definition) is 3. The van der Waals surface area contributed by atoms with Crippen LogP contribution >= 0.6 is 0 Å². The third kappa shape index (κ3) is 4.51. The summed E-state index contributed by atoms with van der Waals surface area (Å²) >= 11 is 0. The average Bonchev–Trinajstić information content (AvgIpc) is 2.43. The first kappa shape index (κ1) is 16.0. The Balaban J connectivity index is 2.72. The lowest BCUT2D eigenvalue weighted by Gasteiger charge is -2.22. The Bertz CT molecular complexity index is 391. The van der Waals surface area contributed by atoms with Gasteiger partial charge >= 0.3 is 0 Å². The Morgan fingerprint density at radius 3 is 2.47 bits per heavy atom. The standard InChI is InChI=1S/C16H28N2O/c1-6-17-10-11-18(7-2)12-15-8-9-16(19-5)14(4)13(15)3/h8-9,17H,6-7,10-12H2,1-5H3. The highest BCUT2D eigenvalue weighted by molar-refractivity contribution is 5.43. The van der Waals surface area contributed by atoms with Gasteiger partial charge in [-0.05, 0) is 49.7 Å². The van der Waals surface area contributed by atoms with Crippen molar-refractivity contribution in [2.45, 2.75) is 34.2 Å². The lowest BCUT2D eigenvalue weighted by molar-refractivity contribution is 0.279. The van der Waals surface area contributed by atoms with Gasteiger partial charge in [-0.2, -0.15) is 0 Å². The number of benzene rings is 1. The second-order valence-electron chi connectivity index (χ2n) is 4.90. The minimum atomic E-state index is 0.983. The van der Waals surface area contributed by atoms with Crippen molar-refractivity contribution in [3.63, 3.8) is 0 Å². The second-order valence-corrected chi connectivity index (χ2v) is 4.90. The number of hydrogen-bond donors (Lipinski definition) is 1. The van der Waals surface area contributed by atoms with Crippen LogP contribution < -0.4 is 10.1 Å². The zero-order valence-electron chi connectivity index (χ0n) is 13.0. The topological polar surface area (TPSA) is 24.5 Å². The van der Waals surface area contributed by atoms with Gasteiger partial charge in [-0.15, -0.1) is 0 Å². The molecule has 0 aromatic heterocycles. The van der Waals surface area contributed by atoms with E-state index in [1.807, 2.05) is 0 Å². The minimum absolute atomic E-state index is 0.983. The van der Waals surface area contributed by atoms with E-state index in [1.54, 1.807) is 7.11 Å². The molecule has 1 rings (SSSR count). The third-order valence-electron chi connectivity index (χ3n) is 3.77. The molecule has 3 heteroatoms. The van der Waals surface area contributed by atoms with Crippen molar-refractivity contribution in [1.29, 1.82) is 0 Å². The molecule has 0 aliphatic rings. The van der Waals surface area contributed by atoms with Crippen LogP contribution in [0.1, 0.15) is 30.5 Å². The summed E-state index contributed by atoms with van der Waals surface area (Å²) in [5.41, 5.74) is 4.00. The molecular formula is C16H28N2O. The Morgan fingerprint density at radius 2 is 1.89 bits per heavy atom. The predicted octanol–water partition coefficient (Wildman–Crippen LogP) is 2.74. The number of nitrogens with one attached hydrogen (secondary N) is 1. The van der Waals surface area contributed by atoms with Crippen molar-refractivity contribution in [1.82, 2.24) is 10.2 Å². The fraction of sp³-hybridized carbons (Fsp3) is 0.625. The number of ether oxygens (including phenoxy) is 1. The van der Waals surface area contributed by atoms with Gasteiger partial charge in [-0.25, -0.2) is 0 Å². The highest BCUT2D eigenvalue weighted by Crippen LogP contribution is 2.24. The SMILES string of the molecule is CCNCCN(CC)Cc1ccc(OC)c(C)c1C. The Morgan fingerprint density at radius 1 is 1.16 bits per heavy atom. The maximum Gasteiger partial charge on any atom is 0.122 e. The van der Waals surface area contributed by atoms with Gasteiger partial charge in [0.2, 0.25) is 0 Å². The van der Waals surface area contributed by atoms with Crippen LogP contribution in [-0.4, -0.2) is 38.2 Å². The highest BCUT2D eigenvalue weighted by atomic mass is 16.5. The van der Waals surface area contributed by atoms with E-state index in [0.29, 0.717) is 0 Å². The van der Waals surface area contributed by atoms with Crippen LogP contribution in [-0.2, 0) is 6.54 Å². The first-order valence-electron chi connectivity index (χ1n) is 7.20. The van der Waals surface area contributed by atoms with Crippen LogP contribution in [0.5, 0.6) is 5.75 Å². The Kier molecular flexibility index (Phi) is 6.89. The first-order chi connectivity index (χ1) is 9.13. The fourth-order valence-electron chi connectivity index (χ4n) is 2.25. The molecule has 0 unspecified atom stereocenters. The number of nitrogens with zero attached hydrogens (tertiary/aromatic N) is 1. The lowest BCUT2D eigenvalue weighted by Crippen LogP contribution is -2.31. The van der Waals surface area contributed by atoms with Crippen molar-refractivity contribution in [3.8, 4) is 5.75 Å². The molecule has 0 amide bonds. The van der Waals surface area contributed by atoms with Gasteiger partial charge in [0.05, 0.1) is 7.11 Å². The van der Waals surface area contributed by atoms with Crippen LogP contribution in [0, 0.1) is 13.8 Å². The normalized spacial score (nSPS) is 11.1. The Labute approximate surface area is 118 Å². The molecule has 0 saturated carbocycles. The minimum Gasteiger partial charge on any atom is -0.496 e.